The Labute approximate surface area is 203 Å². The Kier molecular flexibility index (Phi) is 9.29. The van der Waals surface area contributed by atoms with E-state index < -0.39 is 32.4 Å². The molecule has 0 bridgehead atoms. The van der Waals surface area contributed by atoms with Crippen molar-refractivity contribution in [1.29, 1.82) is 0 Å². The fraction of sp³-hybridized carbons (Fsp3) is 0.462. The van der Waals surface area contributed by atoms with Crippen LogP contribution in [0.25, 0.3) is 0 Å². The molecule has 7 nitrogen and oxygen atoms in total. The van der Waals surface area contributed by atoms with Gasteiger partial charge in [-0.2, -0.15) is 0 Å². The molecule has 0 saturated carbocycles. The minimum atomic E-state index is -2.09. The molecule has 0 fully saturated rings. The highest BCUT2D eigenvalue weighted by Gasteiger charge is 2.39. The van der Waals surface area contributed by atoms with Gasteiger partial charge in [0, 0.05) is 6.42 Å². The number of aryl methyl sites for hydroxylation is 1. The van der Waals surface area contributed by atoms with Crippen molar-refractivity contribution >= 4 is 20.3 Å². The molecule has 0 aliphatic rings. The molecule has 186 valence electrons. The summed E-state index contributed by atoms with van der Waals surface area (Å²) in [5.74, 6) is 0.277. The third-order valence-electron chi connectivity index (χ3n) is 6.32. The number of rotatable bonds is 10. The van der Waals surface area contributed by atoms with Crippen LogP contribution in [0.3, 0.4) is 0 Å². The smallest absolute Gasteiger partial charge is 0.405 e. The zero-order chi connectivity index (χ0) is 25.5. The SMILES string of the molecule is Cc1ccc(O[Si](C)(C)C(C)(C)C)c(CC(CO)NC(=O)C(Cc2ccccc2)NC(=O)O)c1. The zero-order valence-corrected chi connectivity index (χ0v) is 22.0. The lowest BCUT2D eigenvalue weighted by Gasteiger charge is -2.37. The Morgan fingerprint density at radius 3 is 2.24 bits per heavy atom. The Morgan fingerprint density at radius 2 is 1.68 bits per heavy atom. The van der Waals surface area contributed by atoms with E-state index in [1.165, 1.54) is 0 Å². The maximum absolute atomic E-state index is 13.0. The van der Waals surface area contributed by atoms with E-state index in [4.69, 9.17) is 4.43 Å². The van der Waals surface area contributed by atoms with E-state index in [0.717, 1.165) is 22.4 Å². The first kappa shape index (κ1) is 27.4. The number of carbonyl (C=O) groups excluding carboxylic acids is 1. The predicted octanol–water partition coefficient (Wildman–Crippen LogP) is 4.28. The lowest BCUT2D eigenvalue weighted by Crippen LogP contribution is -2.51. The number of nitrogens with one attached hydrogen (secondary N) is 2. The number of hydrogen-bond acceptors (Lipinski definition) is 4. The van der Waals surface area contributed by atoms with Crippen LogP contribution in [-0.4, -0.2) is 49.2 Å². The average molecular weight is 487 g/mol. The van der Waals surface area contributed by atoms with Crippen molar-refractivity contribution in [3.8, 4) is 5.75 Å². The van der Waals surface area contributed by atoms with Crippen molar-refractivity contribution in [1.82, 2.24) is 10.6 Å². The summed E-state index contributed by atoms with van der Waals surface area (Å²) in [5, 5.41) is 24.4. The molecular formula is C26H38N2O5Si. The molecule has 2 unspecified atom stereocenters. The van der Waals surface area contributed by atoms with Gasteiger partial charge in [-0.3, -0.25) is 4.79 Å². The summed E-state index contributed by atoms with van der Waals surface area (Å²) in [6.45, 7) is 12.6. The molecule has 2 aromatic rings. The van der Waals surface area contributed by atoms with Crippen molar-refractivity contribution in [2.24, 2.45) is 0 Å². The summed E-state index contributed by atoms with van der Waals surface area (Å²) in [5.41, 5.74) is 2.78. The average Bonchev–Trinajstić information content (AvgIpc) is 2.74. The first-order chi connectivity index (χ1) is 15.8. The van der Waals surface area contributed by atoms with Gasteiger partial charge in [-0.15, -0.1) is 0 Å². The summed E-state index contributed by atoms with van der Waals surface area (Å²) in [7, 11) is -2.09. The van der Waals surface area contributed by atoms with Crippen molar-refractivity contribution in [3.63, 3.8) is 0 Å². The van der Waals surface area contributed by atoms with Crippen LogP contribution in [0.15, 0.2) is 48.5 Å². The number of carbonyl (C=O) groups is 2. The Hall–Kier alpha value is -2.84. The van der Waals surface area contributed by atoms with Crippen LogP contribution < -0.4 is 15.1 Å². The van der Waals surface area contributed by atoms with Crippen LogP contribution in [0.1, 0.15) is 37.5 Å². The molecule has 2 rings (SSSR count). The normalized spacial score (nSPS) is 13.6. The largest absolute Gasteiger partial charge is 0.543 e. The van der Waals surface area contributed by atoms with E-state index in [-0.39, 0.29) is 18.1 Å². The van der Waals surface area contributed by atoms with E-state index in [1.807, 2.05) is 55.5 Å². The minimum absolute atomic E-state index is 0.0207. The van der Waals surface area contributed by atoms with Gasteiger partial charge in [-0.1, -0.05) is 68.8 Å². The van der Waals surface area contributed by atoms with Gasteiger partial charge in [0.1, 0.15) is 11.8 Å². The number of carboxylic acid groups (broad SMARTS) is 1. The Morgan fingerprint density at radius 1 is 1.03 bits per heavy atom. The van der Waals surface area contributed by atoms with E-state index in [2.05, 4.69) is 44.5 Å². The van der Waals surface area contributed by atoms with Crippen LogP contribution in [0, 0.1) is 6.92 Å². The highest BCUT2D eigenvalue weighted by molar-refractivity contribution is 6.74. The van der Waals surface area contributed by atoms with Crippen LogP contribution in [0.5, 0.6) is 5.75 Å². The highest BCUT2D eigenvalue weighted by Crippen LogP contribution is 2.38. The molecule has 34 heavy (non-hydrogen) atoms. The summed E-state index contributed by atoms with van der Waals surface area (Å²) in [6.07, 6.45) is -0.708. The van der Waals surface area contributed by atoms with Gasteiger partial charge < -0.3 is 25.3 Å². The quantitative estimate of drug-likeness (QED) is 0.375. The van der Waals surface area contributed by atoms with Crippen molar-refractivity contribution in [2.75, 3.05) is 6.61 Å². The van der Waals surface area contributed by atoms with Crippen molar-refractivity contribution in [3.05, 3.63) is 65.2 Å². The second-order valence-corrected chi connectivity index (χ2v) is 15.0. The lowest BCUT2D eigenvalue weighted by molar-refractivity contribution is -0.124. The lowest BCUT2D eigenvalue weighted by atomic mass is 10.0. The highest BCUT2D eigenvalue weighted by atomic mass is 28.4. The Balaban J connectivity index is 2.21. The van der Waals surface area contributed by atoms with E-state index in [9.17, 15) is 19.8 Å². The third-order valence-corrected chi connectivity index (χ3v) is 10.7. The summed E-state index contributed by atoms with van der Waals surface area (Å²) in [4.78, 5) is 24.3. The van der Waals surface area contributed by atoms with Gasteiger partial charge in [0.15, 0.2) is 0 Å². The number of benzene rings is 2. The molecule has 0 saturated heterocycles. The first-order valence-corrected chi connectivity index (χ1v) is 14.5. The third kappa shape index (κ3) is 7.88. The van der Waals surface area contributed by atoms with Gasteiger partial charge in [0.25, 0.3) is 0 Å². The van der Waals surface area contributed by atoms with E-state index in [0.29, 0.717) is 6.42 Å². The predicted molar refractivity (Wildman–Crippen MR) is 137 cm³/mol. The van der Waals surface area contributed by atoms with Crippen LogP contribution in [0.2, 0.25) is 18.1 Å². The van der Waals surface area contributed by atoms with Gasteiger partial charge >= 0.3 is 6.09 Å². The summed E-state index contributed by atoms with van der Waals surface area (Å²) in [6, 6.07) is 13.6. The molecule has 8 heteroatoms. The summed E-state index contributed by atoms with van der Waals surface area (Å²) >= 11 is 0. The van der Waals surface area contributed by atoms with E-state index >= 15 is 0 Å². The fourth-order valence-electron chi connectivity index (χ4n) is 3.33. The summed E-state index contributed by atoms with van der Waals surface area (Å²) < 4.78 is 6.54. The van der Waals surface area contributed by atoms with Gasteiger partial charge in [-0.05, 0) is 48.7 Å². The maximum atomic E-state index is 13.0. The van der Waals surface area contributed by atoms with Crippen LogP contribution >= 0.6 is 0 Å². The first-order valence-electron chi connectivity index (χ1n) is 11.6. The number of aliphatic hydroxyl groups is 1. The van der Waals surface area contributed by atoms with Gasteiger partial charge in [0.05, 0.1) is 12.6 Å². The minimum Gasteiger partial charge on any atom is -0.543 e. The second-order valence-electron chi connectivity index (χ2n) is 10.3. The standard InChI is InChI=1S/C26H38N2O5Si/c1-18-12-13-23(33-34(5,6)26(2,3)4)20(14-18)16-21(17-29)27-24(30)22(28-25(31)32)15-19-10-8-7-9-11-19/h7-14,21-22,28-29H,15-17H2,1-6H3,(H,27,30)(H,31,32). The maximum Gasteiger partial charge on any atom is 0.405 e. The topological polar surface area (TPSA) is 108 Å². The van der Waals surface area contributed by atoms with Gasteiger partial charge in [-0.25, -0.2) is 4.79 Å². The van der Waals surface area contributed by atoms with Gasteiger partial charge in [0.2, 0.25) is 14.2 Å². The second kappa shape index (κ2) is 11.5. The molecule has 2 aromatic carbocycles. The molecule has 0 aliphatic carbocycles. The molecule has 2 atom stereocenters. The molecule has 0 radical (unpaired) electrons. The number of hydrogen-bond donors (Lipinski definition) is 4. The Bertz CT molecular complexity index is 973. The molecule has 0 spiro atoms. The molecule has 0 aromatic heterocycles. The van der Waals surface area contributed by atoms with E-state index in [1.54, 1.807) is 0 Å². The zero-order valence-electron chi connectivity index (χ0n) is 21.0. The molecule has 0 heterocycles. The monoisotopic (exact) mass is 486 g/mol. The molecule has 0 aliphatic heterocycles. The van der Waals surface area contributed by atoms with Crippen molar-refractivity contribution in [2.45, 2.75) is 70.8 Å². The van der Waals surface area contributed by atoms with Crippen LogP contribution in [-0.2, 0) is 17.6 Å². The van der Waals surface area contributed by atoms with Crippen molar-refractivity contribution < 1.29 is 24.2 Å². The molecule has 4 N–H and O–H groups in total. The van der Waals surface area contributed by atoms with Crippen LogP contribution in [0.4, 0.5) is 4.79 Å². The fourth-order valence-corrected chi connectivity index (χ4v) is 4.39. The number of aliphatic hydroxyl groups excluding tert-OH is 1. The molecule has 2 amide bonds. The number of amides is 2. The molecular weight excluding hydrogens is 448 g/mol.